The summed E-state index contributed by atoms with van der Waals surface area (Å²) in [4.78, 5) is 14.2. The van der Waals surface area contributed by atoms with E-state index in [4.69, 9.17) is 16.3 Å². The lowest BCUT2D eigenvalue weighted by Crippen LogP contribution is -2.46. The first-order chi connectivity index (χ1) is 14.7. The van der Waals surface area contributed by atoms with Crippen LogP contribution < -0.4 is 10.2 Å². The average Bonchev–Trinajstić information content (AvgIpc) is 3.23. The van der Waals surface area contributed by atoms with Crippen molar-refractivity contribution in [3.63, 3.8) is 0 Å². The minimum Gasteiger partial charge on any atom is -0.469 e. The average molecular weight is 445 g/mol. The van der Waals surface area contributed by atoms with Gasteiger partial charge in [0.25, 0.3) is 0 Å². The van der Waals surface area contributed by atoms with Crippen molar-refractivity contribution in [1.29, 1.82) is 0 Å². The molecule has 1 fully saturated rings. The summed E-state index contributed by atoms with van der Waals surface area (Å²) in [5, 5.41) is 15.0. The second-order valence-electron chi connectivity index (χ2n) is 8.80. The van der Waals surface area contributed by atoms with Gasteiger partial charge in [0.2, 0.25) is 0 Å². The number of benzene rings is 2. The third kappa shape index (κ3) is 5.72. The molecule has 168 valence electrons. The molecular formula is C25H33ClN2O3. The molecule has 0 aliphatic carbocycles. The van der Waals surface area contributed by atoms with Crippen LogP contribution in [0.3, 0.4) is 0 Å². The highest BCUT2D eigenvalue weighted by molar-refractivity contribution is 6.30. The molecule has 5 nitrogen and oxygen atoms in total. The van der Waals surface area contributed by atoms with Gasteiger partial charge in [0.05, 0.1) is 36.5 Å². The Morgan fingerprint density at radius 1 is 1.29 bits per heavy atom. The van der Waals surface area contributed by atoms with Crippen LogP contribution in [-0.4, -0.2) is 36.4 Å². The fourth-order valence-electron chi connectivity index (χ4n) is 4.42. The zero-order chi connectivity index (χ0) is 22.6. The molecule has 2 atom stereocenters. The van der Waals surface area contributed by atoms with Gasteiger partial charge in [-0.25, -0.2) is 0 Å². The highest BCUT2D eigenvalue weighted by Gasteiger charge is 2.37. The van der Waals surface area contributed by atoms with Gasteiger partial charge >= 0.3 is 5.97 Å². The Bertz CT molecular complexity index is 893. The second-order valence-corrected chi connectivity index (χ2v) is 9.24. The summed E-state index contributed by atoms with van der Waals surface area (Å²) >= 11 is 6.06. The van der Waals surface area contributed by atoms with Crippen LogP contribution in [0.1, 0.15) is 57.9 Å². The van der Waals surface area contributed by atoms with Gasteiger partial charge in [-0.2, -0.15) is 0 Å². The van der Waals surface area contributed by atoms with Crippen LogP contribution in [0.15, 0.2) is 42.5 Å². The summed E-state index contributed by atoms with van der Waals surface area (Å²) in [6, 6.07) is 14.0. The first-order valence-corrected chi connectivity index (χ1v) is 11.3. The molecular weight excluding hydrogens is 412 g/mol. The SMILES string of the molecule is CCC(CC(=O)OC)c1ccc(N2CCC[C@@H]2C(C)(C)O)c(Nc2ccc(Cl)cc2)c1. The molecule has 0 radical (unpaired) electrons. The van der Waals surface area contributed by atoms with E-state index in [1.807, 2.05) is 38.1 Å². The van der Waals surface area contributed by atoms with Crippen molar-refractivity contribution in [3.05, 3.63) is 53.1 Å². The van der Waals surface area contributed by atoms with Crippen molar-refractivity contribution in [3.8, 4) is 0 Å². The van der Waals surface area contributed by atoms with E-state index in [9.17, 15) is 9.90 Å². The lowest BCUT2D eigenvalue weighted by Gasteiger charge is -2.36. The number of nitrogens with zero attached hydrogens (tertiary/aromatic N) is 1. The number of hydrogen-bond donors (Lipinski definition) is 2. The van der Waals surface area contributed by atoms with E-state index in [1.54, 1.807) is 0 Å². The number of esters is 1. The molecule has 0 aromatic heterocycles. The van der Waals surface area contributed by atoms with Gasteiger partial charge in [0.15, 0.2) is 0 Å². The summed E-state index contributed by atoms with van der Waals surface area (Å²) < 4.78 is 4.89. The number of carbonyl (C=O) groups is 1. The maximum Gasteiger partial charge on any atom is 0.306 e. The highest BCUT2D eigenvalue weighted by atomic mass is 35.5. The van der Waals surface area contributed by atoms with Gasteiger partial charge in [-0.05, 0) is 81.0 Å². The van der Waals surface area contributed by atoms with E-state index in [0.29, 0.717) is 11.4 Å². The van der Waals surface area contributed by atoms with E-state index in [2.05, 4.69) is 35.3 Å². The topological polar surface area (TPSA) is 61.8 Å². The summed E-state index contributed by atoms with van der Waals surface area (Å²) in [5.41, 5.74) is 3.23. The third-order valence-electron chi connectivity index (χ3n) is 6.13. The van der Waals surface area contributed by atoms with Gasteiger partial charge in [0.1, 0.15) is 0 Å². The quantitative estimate of drug-likeness (QED) is 0.498. The van der Waals surface area contributed by atoms with E-state index >= 15 is 0 Å². The highest BCUT2D eigenvalue weighted by Crippen LogP contribution is 2.39. The zero-order valence-corrected chi connectivity index (χ0v) is 19.6. The molecule has 2 N–H and O–H groups in total. The number of carbonyl (C=O) groups excluding carboxylic acids is 1. The van der Waals surface area contributed by atoms with Crippen LogP contribution in [0.5, 0.6) is 0 Å². The fourth-order valence-corrected chi connectivity index (χ4v) is 4.54. The largest absolute Gasteiger partial charge is 0.469 e. The number of methoxy groups -OCH3 is 1. The Morgan fingerprint density at radius 3 is 2.61 bits per heavy atom. The van der Waals surface area contributed by atoms with E-state index in [1.165, 1.54) is 7.11 Å². The molecule has 0 saturated carbocycles. The summed E-state index contributed by atoms with van der Waals surface area (Å²) in [7, 11) is 1.43. The van der Waals surface area contributed by atoms with E-state index in [-0.39, 0.29) is 17.9 Å². The maximum absolute atomic E-state index is 11.9. The van der Waals surface area contributed by atoms with Crippen LogP contribution in [0.2, 0.25) is 5.02 Å². The Balaban J connectivity index is 2.01. The number of anilines is 3. The van der Waals surface area contributed by atoms with Crippen LogP contribution in [0, 0.1) is 0 Å². The van der Waals surface area contributed by atoms with Crippen molar-refractivity contribution in [2.24, 2.45) is 0 Å². The second kappa shape index (κ2) is 9.92. The van der Waals surface area contributed by atoms with Crippen molar-refractivity contribution in [1.82, 2.24) is 0 Å². The van der Waals surface area contributed by atoms with Crippen molar-refractivity contribution < 1.29 is 14.6 Å². The normalized spacial score (nSPS) is 17.5. The number of aliphatic hydroxyl groups is 1. The first-order valence-electron chi connectivity index (χ1n) is 10.9. The summed E-state index contributed by atoms with van der Waals surface area (Å²) in [5.74, 6) is -0.124. The van der Waals surface area contributed by atoms with Gasteiger partial charge in [-0.3, -0.25) is 4.79 Å². The molecule has 31 heavy (non-hydrogen) atoms. The molecule has 2 aromatic carbocycles. The molecule has 2 aromatic rings. The van der Waals surface area contributed by atoms with Crippen LogP contribution in [0.4, 0.5) is 17.1 Å². The van der Waals surface area contributed by atoms with E-state index < -0.39 is 5.60 Å². The molecule has 6 heteroatoms. The predicted molar refractivity (Wildman–Crippen MR) is 128 cm³/mol. The number of rotatable bonds is 8. The maximum atomic E-state index is 11.9. The Kier molecular flexibility index (Phi) is 7.50. The molecule has 0 spiro atoms. The van der Waals surface area contributed by atoms with Gasteiger partial charge in [0, 0.05) is 17.3 Å². The van der Waals surface area contributed by atoms with Crippen LogP contribution in [-0.2, 0) is 9.53 Å². The molecule has 1 saturated heterocycles. The third-order valence-corrected chi connectivity index (χ3v) is 6.38. The standard InChI is InChI=1S/C25H33ClN2O3/c1-5-17(16-24(29)31-4)18-8-13-22(28-14-6-7-23(28)25(2,3)30)21(15-18)27-20-11-9-19(26)10-12-20/h8-13,15,17,23,27,30H,5-7,14,16H2,1-4H3/t17?,23-/m1/s1. The molecule has 1 unspecified atom stereocenters. The lowest BCUT2D eigenvalue weighted by molar-refractivity contribution is -0.141. The number of halogens is 1. The van der Waals surface area contributed by atoms with Gasteiger partial charge < -0.3 is 20.1 Å². The van der Waals surface area contributed by atoms with Crippen molar-refractivity contribution in [2.45, 2.75) is 64.0 Å². The van der Waals surface area contributed by atoms with Crippen LogP contribution in [0.25, 0.3) is 0 Å². The monoisotopic (exact) mass is 444 g/mol. The molecule has 0 bridgehead atoms. The van der Waals surface area contributed by atoms with E-state index in [0.717, 1.165) is 48.4 Å². The molecule has 1 heterocycles. The Hall–Kier alpha value is -2.24. The van der Waals surface area contributed by atoms with Crippen LogP contribution >= 0.6 is 11.6 Å². The van der Waals surface area contributed by atoms with Crippen molar-refractivity contribution >= 4 is 34.6 Å². The molecule has 0 amide bonds. The van der Waals surface area contributed by atoms with Gasteiger partial charge in [-0.15, -0.1) is 0 Å². The first kappa shape index (κ1) is 23.4. The van der Waals surface area contributed by atoms with Gasteiger partial charge in [-0.1, -0.05) is 24.6 Å². The Morgan fingerprint density at radius 2 is 2.00 bits per heavy atom. The molecule has 3 rings (SSSR count). The zero-order valence-electron chi connectivity index (χ0n) is 18.8. The van der Waals surface area contributed by atoms with Crippen molar-refractivity contribution in [2.75, 3.05) is 23.9 Å². The Labute approximate surface area is 190 Å². The summed E-state index contributed by atoms with van der Waals surface area (Å²) in [6.45, 7) is 6.72. The smallest absolute Gasteiger partial charge is 0.306 e. The minimum atomic E-state index is -0.802. The summed E-state index contributed by atoms with van der Waals surface area (Å²) in [6.07, 6.45) is 3.18. The lowest BCUT2D eigenvalue weighted by atomic mass is 9.91. The number of ether oxygens (including phenoxy) is 1. The predicted octanol–water partition coefficient (Wildman–Crippen LogP) is 5.88. The molecule has 1 aliphatic heterocycles. The number of nitrogens with one attached hydrogen (secondary N) is 1. The fraction of sp³-hybridized carbons (Fsp3) is 0.480. The minimum absolute atomic E-state index is 0.0427. The number of hydrogen-bond acceptors (Lipinski definition) is 5. The molecule has 1 aliphatic rings.